The first kappa shape index (κ1) is 28.0. The van der Waals surface area contributed by atoms with Crippen LogP contribution in [0.1, 0.15) is 37.7 Å². The van der Waals surface area contributed by atoms with Crippen molar-refractivity contribution in [2.24, 2.45) is 5.10 Å². The highest BCUT2D eigenvalue weighted by atomic mass is 79.9. The van der Waals surface area contributed by atoms with Crippen molar-refractivity contribution in [1.82, 2.24) is 9.66 Å². The number of benzene rings is 3. The van der Waals surface area contributed by atoms with Gasteiger partial charge < -0.3 is 4.74 Å². The summed E-state index contributed by atoms with van der Waals surface area (Å²) in [6, 6.07) is 12.7. The second kappa shape index (κ2) is 11.0. The maximum absolute atomic E-state index is 13.5. The van der Waals surface area contributed by atoms with Crippen LogP contribution in [0.3, 0.4) is 0 Å². The Morgan fingerprint density at radius 3 is 2.50 bits per heavy atom. The fourth-order valence-corrected chi connectivity index (χ4v) is 4.68. The van der Waals surface area contributed by atoms with Gasteiger partial charge in [-0.25, -0.2) is 4.98 Å². The zero-order valence-electron chi connectivity index (χ0n) is 20.3. The van der Waals surface area contributed by atoms with Crippen LogP contribution < -0.4 is 10.3 Å². The molecular weight excluding hydrogens is 619 g/mol. The molecule has 4 rings (SSSR count). The summed E-state index contributed by atoms with van der Waals surface area (Å²) in [6.07, 6.45) is 1.29. The van der Waals surface area contributed by atoms with E-state index in [9.17, 15) is 14.9 Å². The lowest BCUT2D eigenvalue weighted by molar-refractivity contribution is -0.385. The summed E-state index contributed by atoms with van der Waals surface area (Å²) in [4.78, 5) is 29.4. The smallest absolute Gasteiger partial charge is 0.313 e. The number of nitro benzene ring substituents is 1. The molecule has 38 heavy (non-hydrogen) atoms. The largest absolute Gasteiger partial charge is 0.481 e. The van der Waals surface area contributed by atoms with E-state index in [1.54, 1.807) is 36.4 Å². The number of rotatable bonds is 6. The summed E-state index contributed by atoms with van der Waals surface area (Å²) in [6.45, 7) is 5.62. The summed E-state index contributed by atoms with van der Waals surface area (Å²) in [5.74, 6) is 0.316. The van der Waals surface area contributed by atoms with Gasteiger partial charge in [0, 0.05) is 42.1 Å². The number of halogens is 4. The van der Waals surface area contributed by atoms with E-state index in [0.29, 0.717) is 36.8 Å². The Labute approximate surface area is 241 Å². The molecule has 0 amide bonds. The monoisotopic (exact) mass is 636 g/mol. The van der Waals surface area contributed by atoms with E-state index in [-0.39, 0.29) is 28.6 Å². The average Bonchev–Trinajstić information content (AvgIpc) is 2.83. The number of hydrogen-bond donors (Lipinski definition) is 0. The summed E-state index contributed by atoms with van der Waals surface area (Å²) in [5.41, 5.74) is -0.0358. The first-order valence-electron chi connectivity index (χ1n) is 11.2. The molecule has 0 saturated heterocycles. The van der Waals surface area contributed by atoms with Gasteiger partial charge in [-0.2, -0.15) is 9.78 Å². The van der Waals surface area contributed by atoms with E-state index in [1.165, 1.54) is 23.0 Å². The van der Waals surface area contributed by atoms with Crippen LogP contribution in [0.5, 0.6) is 5.75 Å². The van der Waals surface area contributed by atoms with Crippen LogP contribution in [0.2, 0.25) is 15.1 Å². The number of ether oxygens (including phenoxy) is 1. The van der Waals surface area contributed by atoms with Crippen molar-refractivity contribution in [3.63, 3.8) is 0 Å². The molecule has 0 fully saturated rings. The number of fused-ring (bicyclic) bond motifs is 1. The van der Waals surface area contributed by atoms with Gasteiger partial charge in [-0.15, -0.1) is 0 Å². The van der Waals surface area contributed by atoms with E-state index in [1.807, 2.05) is 20.8 Å². The summed E-state index contributed by atoms with van der Waals surface area (Å²) >= 11 is 21.8. The molecule has 0 radical (unpaired) electrons. The predicted octanol–water partition coefficient (Wildman–Crippen LogP) is 7.79. The highest BCUT2D eigenvalue weighted by Gasteiger charge is 2.24. The number of aromatic nitrogens is 2. The fraction of sp³-hybridized carbons (Fsp3) is 0.192. The Morgan fingerprint density at radius 1 is 1.11 bits per heavy atom. The van der Waals surface area contributed by atoms with Gasteiger partial charge in [0.25, 0.3) is 5.56 Å². The van der Waals surface area contributed by atoms with Gasteiger partial charge in [0.05, 0.1) is 22.0 Å². The molecule has 0 atom stereocenters. The number of nitro groups is 1. The zero-order chi connectivity index (χ0) is 27.8. The third kappa shape index (κ3) is 6.02. The minimum atomic E-state index is -0.607. The van der Waals surface area contributed by atoms with Crippen LogP contribution in [0.4, 0.5) is 5.69 Å². The zero-order valence-corrected chi connectivity index (χ0v) is 24.2. The molecule has 0 aliphatic carbocycles. The summed E-state index contributed by atoms with van der Waals surface area (Å²) < 4.78 is 7.76. The van der Waals surface area contributed by atoms with Gasteiger partial charge in [0.15, 0.2) is 0 Å². The van der Waals surface area contributed by atoms with Crippen molar-refractivity contribution < 1.29 is 9.66 Å². The first-order chi connectivity index (χ1) is 17.8. The molecule has 0 aliphatic heterocycles. The Hall–Kier alpha value is -2.98. The second-order valence-corrected chi connectivity index (χ2v) is 11.5. The van der Waals surface area contributed by atoms with Gasteiger partial charge in [-0.05, 0) is 36.4 Å². The summed E-state index contributed by atoms with van der Waals surface area (Å²) in [5, 5.41) is 17.5. The quantitative estimate of drug-likeness (QED) is 0.122. The Morgan fingerprint density at radius 2 is 1.84 bits per heavy atom. The molecule has 196 valence electrons. The molecule has 3 aromatic carbocycles. The molecule has 0 unspecified atom stereocenters. The molecule has 12 heteroatoms. The molecule has 0 saturated carbocycles. The van der Waals surface area contributed by atoms with Crippen molar-refractivity contribution in [1.29, 1.82) is 0 Å². The third-order valence-corrected chi connectivity index (χ3v) is 6.74. The SMILES string of the molecule is CC(C)(C)c1nc2ccc(Br)cc2c(=O)n1N=Cc1cc(Cl)cc([N+](=O)[O-])c1OCc1ccc(Cl)cc1Cl. The second-order valence-electron chi connectivity index (χ2n) is 9.33. The van der Waals surface area contributed by atoms with Gasteiger partial charge >= 0.3 is 5.69 Å². The molecule has 0 bridgehead atoms. The van der Waals surface area contributed by atoms with Crippen LogP contribution in [0.15, 0.2) is 62.9 Å². The first-order valence-corrected chi connectivity index (χ1v) is 13.1. The molecule has 4 aromatic rings. The molecule has 0 aliphatic rings. The summed E-state index contributed by atoms with van der Waals surface area (Å²) in [7, 11) is 0. The van der Waals surface area contributed by atoms with Crippen LogP contribution in [-0.2, 0) is 12.0 Å². The fourth-order valence-electron chi connectivity index (χ4n) is 3.64. The average molecular weight is 639 g/mol. The maximum atomic E-state index is 13.5. The van der Waals surface area contributed by atoms with Crippen LogP contribution in [0, 0.1) is 10.1 Å². The minimum Gasteiger partial charge on any atom is -0.481 e. The minimum absolute atomic E-state index is 0.0853. The Balaban J connectivity index is 1.86. The van der Waals surface area contributed by atoms with Gasteiger partial charge in [0.2, 0.25) is 5.75 Å². The van der Waals surface area contributed by atoms with Crippen molar-refractivity contribution >= 4 is 73.5 Å². The van der Waals surface area contributed by atoms with E-state index < -0.39 is 15.9 Å². The van der Waals surface area contributed by atoms with E-state index in [4.69, 9.17) is 39.5 Å². The Bertz CT molecular complexity index is 1670. The lowest BCUT2D eigenvalue weighted by Gasteiger charge is -2.21. The molecular formula is C26H20BrCl3N4O4. The third-order valence-electron chi connectivity index (χ3n) is 5.44. The molecule has 1 heterocycles. The van der Waals surface area contributed by atoms with Crippen LogP contribution in [0.25, 0.3) is 10.9 Å². The van der Waals surface area contributed by atoms with Crippen LogP contribution >= 0.6 is 50.7 Å². The maximum Gasteiger partial charge on any atom is 0.313 e. The van der Waals surface area contributed by atoms with Crippen molar-refractivity contribution in [3.8, 4) is 5.75 Å². The van der Waals surface area contributed by atoms with Crippen molar-refractivity contribution in [3.05, 3.63) is 105 Å². The van der Waals surface area contributed by atoms with Crippen LogP contribution in [-0.4, -0.2) is 20.8 Å². The van der Waals surface area contributed by atoms with Gasteiger partial charge in [0.1, 0.15) is 12.4 Å². The lowest BCUT2D eigenvalue weighted by Crippen LogP contribution is -2.29. The van der Waals surface area contributed by atoms with E-state index >= 15 is 0 Å². The van der Waals surface area contributed by atoms with Crippen molar-refractivity contribution in [2.75, 3.05) is 0 Å². The number of nitrogens with zero attached hydrogens (tertiary/aromatic N) is 4. The highest BCUT2D eigenvalue weighted by molar-refractivity contribution is 9.10. The number of hydrogen-bond acceptors (Lipinski definition) is 6. The molecule has 0 spiro atoms. The van der Waals surface area contributed by atoms with E-state index in [0.717, 1.165) is 0 Å². The molecule has 8 nitrogen and oxygen atoms in total. The molecule has 0 N–H and O–H groups in total. The van der Waals surface area contributed by atoms with E-state index in [2.05, 4.69) is 26.0 Å². The lowest BCUT2D eigenvalue weighted by atomic mass is 9.95. The predicted molar refractivity (Wildman–Crippen MR) is 154 cm³/mol. The topological polar surface area (TPSA) is 99.6 Å². The standard InChI is InChI=1S/C26H20BrCl3N4O4/c1-26(2,3)25-32-21-7-5-16(27)9-19(21)24(35)33(25)31-12-15-8-18(29)11-22(34(36)37)23(15)38-13-14-4-6-17(28)10-20(14)30/h4-12H,13H2,1-3H3. The molecule has 1 aromatic heterocycles. The van der Waals surface area contributed by atoms with Crippen molar-refractivity contribution in [2.45, 2.75) is 32.8 Å². The van der Waals surface area contributed by atoms with Gasteiger partial charge in [-0.3, -0.25) is 14.9 Å². The Kier molecular flexibility index (Phi) is 8.13. The highest BCUT2D eigenvalue weighted by Crippen LogP contribution is 2.35. The van der Waals surface area contributed by atoms with Gasteiger partial charge in [-0.1, -0.05) is 77.6 Å². The normalized spacial score (nSPS) is 11.9.